The van der Waals surface area contributed by atoms with E-state index >= 15 is 0 Å². The average Bonchev–Trinajstić information content (AvgIpc) is 3.14. The first-order valence-corrected chi connectivity index (χ1v) is 10.7. The summed E-state index contributed by atoms with van der Waals surface area (Å²) in [5.74, 6) is 1.90. The van der Waals surface area contributed by atoms with Crippen LogP contribution >= 0.6 is 11.8 Å². The first-order chi connectivity index (χ1) is 15.0. The number of hydrogen-bond acceptors (Lipinski definition) is 6. The van der Waals surface area contributed by atoms with E-state index in [2.05, 4.69) is 22.1 Å². The molecule has 0 aliphatic carbocycles. The van der Waals surface area contributed by atoms with Crippen molar-refractivity contribution in [3.63, 3.8) is 0 Å². The van der Waals surface area contributed by atoms with Gasteiger partial charge in [-0.25, -0.2) is 0 Å². The third kappa shape index (κ3) is 5.88. The third-order valence-electron chi connectivity index (χ3n) is 4.48. The van der Waals surface area contributed by atoms with Crippen molar-refractivity contribution in [2.45, 2.75) is 37.4 Å². The van der Waals surface area contributed by atoms with Crippen LogP contribution in [-0.2, 0) is 17.9 Å². The van der Waals surface area contributed by atoms with E-state index in [4.69, 9.17) is 9.47 Å². The van der Waals surface area contributed by atoms with Gasteiger partial charge in [0, 0.05) is 6.54 Å². The lowest BCUT2D eigenvalue weighted by Crippen LogP contribution is -2.23. The second kappa shape index (κ2) is 10.7. The molecule has 162 valence electrons. The summed E-state index contributed by atoms with van der Waals surface area (Å²) in [6.07, 6.45) is 1.77. The van der Waals surface area contributed by atoms with Gasteiger partial charge in [-0.15, -0.1) is 16.8 Å². The fourth-order valence-electron chi connectivity index (χ4n) is 2.87. The van der Waals surface area contributed by atoms with Gasteiger partial charge in [0.05, 0.1) is 18.0 Å². The number of hydrogen-bond donors (Lipinski definition) is 1. The van der Waals surface area contributed by atoms with Crippen molar-refractivity contribution in [2.75, 3.05) is 12.4 Å². The number of anilines is 1. The molecule has 0 aliphatic rings. The third-order valence-corrected chi connectivity index (χ3v) is 5.56. The second-order valence-corrected chi connectivity index (χ2v) is 8.16. The minimum Gasteiger partial charge on any atom is -0.495 e. The van der Waals surface area contributed by atoms with Crippen LogP contribution in [-0.4, -0.2) is 33.0 Å². The van der Waals surface area contributed by atoms with E-state index in [1.165, 1.54) is 11.8 Å². The number of carbonyl (C=O) groups excluding carboxylic acids is 1. The number of amides is 1. The summed E-state index contributed by atoms with van der Waals surface area (Å²) >= 11 is 1.33. The van der Waals surface area contributed by atoms with Crippen LogP contribution in [0.3, 0.4) is 0 Å². The lowest BCUT2D eigenvalue weighted by Gasteiger charge is -2.14. The normalized spacial score (nSPS) is 11.6. The maximum Gasteiger partial charge on any atom is 0.237 e. The van der Waals surface area contributed by atoms with Crippen LogP contribution in [0.5, 0.6) is 11.5 Å². The fourth-order valence-corrected chi connectivity index (χ4v) is 3.75. The van der Waals surface area contributed by atoms with Crippen molar-refractivity contribution in [2.24, 2.45) is 0 Å². The van der Waals surface area contributed by atoms with Crippen LogP contribution in [0.15, 0.2) is 66.3 Å². The zero-order chi connectivity index (χ0) is 22.2. The summed E-state index contributed by atoms with van der Waals surface area (Å²) in [6, 6.07) is 15.1. The van der Waals surface area contributed by atoms with E-state index in [1.54, 1.807) is 25.3 Å². The Hall–Kier alpha value is -3.26. The monoisotopic (exact) mass is 438 g/mol. The molecule has 8 heteroatoms. The van der Waals surface area contributed by atoms with E-state index in [1.807, 2.05) is 54.8 Å². The van der Waals surface area contributed by atoms with Gasteiger partial charge < -0.3 is 14.8 Å². The number of allylic oxidation sites excluding steroid dienone is 1. The first kappa shape index (κ1) is 22.4. The van der Waals surface area contributed by atoms with Crippen LogP contribution in [0, 0.1) is 6.92 Å². The Labute approximate surface area is 186 Å². The summed E-state index contributed by atoms with van der Waals surface area (Å²) in [4.78, 5) is 12.7. The minimum atomic E-state index is -0.400. The Morgan fingerprint density at radius 1 is 1.26 bits per heavy atom. The maximum atomic E-state index is 12.7. The first-order valence-electron chi connectivity index (χ1n) is 9.84. The molecule has 1 atom stereocenters. The van der Waals surface area contributed by atoms with Crippen molar-refractivity contribution in [3.05, 3.63) is 72.6 Å². The summed E-state index contributed by atoms with van der Waals surface area (Å²) in [5, 5.41) is 11.7. The average molecular weight is 439 g/mol. The number of benzene rings is 2. The van der Waals surface area contributed by atoms with Crippen molar-refractivity contribution in [1.29, 1.82) is 0 Å². The van der Waals surface area contributed by atoms with E-state index in [9.17, 15) is 4.79 Å². The SMILES string of the molecule is C=CCn1c(COc2cccc(C)c2)nnc1SC(C)C(=O)Nc1ccccc1OC. The lowest BCUT2D eigenvalue weighted by atomic mass is 10.2. The van der Waals surface area contributed by atoms with Crippen molar-refractivity contribution in [3.8, 4) is 11.5 Å². The van der Waals surface area contributed by atoms with Crippen LogP contribution in [0.1, 0.15) is 18.3 Å². The molecule has 0 saturated heterocycles. The molecule has 1 amide bonds. The molecule has 3 rings (SSSR count). The predicted molar refractivity (Wildman–Crippen MR) is 123 cm³/mol. The highest BCUT2D eigenvalue weighted by Gasteiger charge is 2.21. The number of nitrogens with one attached hydrogen (secondary N) is 1. The number of ether oxygens (including phenoxy) is 2. The van der Waals surface area contributed by atoms with Crippen LogP contribution in [0.4, 0.5) is 5.69 Å². The Kier molecular flexibility index (Phi) is 7.72. The molecule has 0 saturated carbocycles. The van der Waals surface area contributed by atoms with Gasteiger partial charge in [0.15, 0.2) is 11.0 Å². The molecule has 1 N–H and O–H groups in total. The van der Waals surface area contributed by atoms with Gasteiger partial charge in [0.1, 0.15) is 18.1 Å². The minimum absolute atomic E-state index is 0.153. The molecular weight excluding hydrogens is 412 g/mol. The van der Waals surface area contributed by atoms with Gasteiger partial charge in [-0.3, -0.25) is 9.36 Å². The molecule has 2 aromatic carbocycles. The van der Waals surface area contributed by atoms with Crippen LogP contribution < -0.4 is 14.8 Å². The highest BCUT2D eigenvalue weighted by Crippen LogP contribution is 2.27. The quantitative estimate of drug-likeness (QED) is 0.371. The second-order valence-electron chi connectivity index (χ2n) is 6.85. The standard InChI is InChI=1S/C23H26N4O3S/c1-5-13-27-21(15-30-18-10-8-9-16(2)14-18)25-26-23(27)31-17(3)22(28)24-19-11-6-7-12-20(19)29-4/h5-12,14,17H,1,13,15H2,2-4H3,(H,24,28). The predicted octanol–water partition coefficient (Wildman–Crippen LogP) is 4.48. The molecule has 1 heterocycles. The summed E-state index contributed by atoms with van der Waals surface area (Å²) in [7, 11) is 1.57. The van der Waals surface area contributed by atoms with Gasteiger partial charge in [0.25, 0.3) is 0 Å². The largest absolute Gasteiger partial charge is 0.495 e. The summed E-state index contributed by atoms with van der Waals surface area (Å²) in [6.45, 7) is 8.44. The van der Waals surface area contributed by atoms with E-state index < -0.39 is 5.25 Å². The molecule has 31 heavy (non-hydrogen) atoms. The molecule has 3 aromatic rings. The number of methoxy groups -OCH3 is 1. The van der Waals surface area contributed by atoms with E-state index in [0.717, 1.165) is 11.3 Å². The Morgan fingerprint density at radius 2 is 2.06 bits per heavy atom. The topological polar surface area (TPSA) is 78.3 Å². The molecule has 1 unspecified atom stereocenters. The number of carbonyl (C=O) groups is 1. The molecule has 0 fully saturated rings. The molecule has 0 bridgehead atoms. The number of aromatic nitrogens is 3. The molecular formula is C23H26N4O3S. The zero-order valence-electron chi connectivity index (χ0n) is 17.9. The number of rotatable bonds is 10. The summed E-state index contributed by atoms with van der Waals surface area (Å²) < 4.78 is 13.1. The Bertz CT molecular complexity index is 1050. The van der Waals surface area contributed by atoms with Gasteiger partial charge in [-0.2, -0.15) is 0 Å². The zero-order valence-corrected chi connectivity index (χ0v) is 18.7. The molecule has 0 aliphatic heterocycles. The molecule has 0 radical (unpaired) electrons. The van der Waals surface area contributed by atoms with Crippen molar-refractivity contribution in [1.82, 2.24) is 14.8 Å². The lowest BCUT2D eigenvalue weighted by molar-refractivity contribution is -0.115. The van der Waals surface area contributed by atoms with E-state index in [0.29, 0.717) is 29.0 Å². The number of nitrogens with zero attached hydrogens (tertiary/aromatic N) is 3. The number of aryl methyl sites for hydroxylation is 1. The van der Waals surface area contributed by atoms with Gasteiger partial charge in [0.2, 0.25) is 5.91 Å². The van der Waals surface area contributed by atoms with Crippen molar-refractivity contribution < 1.29 is 14.3 Å². The van der Waals surface area contributed by atoms with Crippen molar-refractivity contribution >= 4 is 23.4 Å². The highest BCUT2D eigenvalue weighted by molar-refractivity contribution is 8.00. The van der Waals surface area contributed by atoms with Crippen LogP contribution in [0.25, 0.3) is 0 Å². The van der Waals surface area contributed by atoms with Gasteiger partial charge >= 0.3 is 0 Å². The Balaban J connectivity index is 1.68. The maximum absolute atomic E-state index is 12.7. The van der Waals surface area contributed by atoms with E-state index in [-0.39, 0.29) is 12.5 Å². The number of para-hydroxylation sites is 2. The van der Waals surface area contributed by atoms with Gasteiger partial charge in [-0.1, -0.05) is 42.1 Å². The smallest absolute Gasteiger partial charge is 0.237 e. The molecule has 7 nitrogen and oxygen atoms in total. The highest BCUT2D eigenvalue weighted by atomic mass is 32.2. The fraction of sp³-hybridized carbons (Fsp3) is 0.261. The van der Waals surface area contributed by atoms with Gasteiger partial charge in [-0.05, 0) is 43.7 Å². The van der Waals surface area contributed by atoms with Crippen LogP contribution in [0.2, 0.25) is 0 Å². The molecule has 0 spiro atoms. The number of thioether (sulfide) groups is 1. The molecule has 1 aromatic heterocycles. The summed E-state index contributed by atoms with van der Waals surface area (Å²) in [5.41, 5.74) is 1.75. The Morgan fingerprint density at radius 3 is 2.81 bits per heavy atom.